The fraction of sp³-hybridized carbons (Fsp3) is 0.167. The number of methoxy groups -OCH3 is 1. The Morgan fingerprint density at radius 2 is 2.18 bits per heavy atom. The van der Waals surface area contributed by atoms with E-state index in [1.807, 2.05) is 13.0 Å². The van der Waals surface area contributed by atoms with E-state index in [1.165, 1.54) is 7.11 Å². The molecule has 1 N–H and O–H groups in total. The van der Waals surface area contributed by atoms with E-state index < -0.39 is 11.5 Å². The lowest BCUT2D eigenvalue weighted by atomic mass is 10.1. The van der Waals surface area contributed by atoms with Crippen LogP contribution in [-0.2, 0) is 0 Å². The molecule has 2 aromatic rings. The van der Waals surface area contributed by atoms with Gasteiger partial charge in [-0.3, -0.25) is 0 Å². The van der Waals surface area contributed by atoms with Crippen molar-refractivity contribution >= 4 is 0 Å². The van der Waals surface area contributed by atoms with Gasteiger partial charge >= 0.3 is 5.69 Å². The largest absolute Gasteiger partial charge is 0.496 e. The molecule has 0 unspecified atom stereocenters. The van der Waals surface area contributed by atoms with E-state index in [1.54, 1.807) is 12.1 Å². The van der Waals surface area contributed by atoms with Crippen LogP contribution in [0.5, 0.6) is 5.75 Å². The maximum Gasteiger partial charge on any atom is 0.345 e. The van der Waals surface area contributed by atoms with Crippen LogP contribution < -0.4 is 10.4 Å². The van der Waals surface area contributed by atoms with Crippen LogP contribution >= 0.6 is 0 Å². The molecule has 0 amide bonds. The Bertz CT molecular complexity index is 608. The molecular weight excluding hydrogens is 223 g/mol. The molecule has 0 atom stereocenters. The number of hydrogen-bond acceptors (Lipinski definition) is 3. The molecule has 1 aromatic carbocycles. The number of ether oxygens (including phenoxy) is 1. The third-order valence-electron chi connectivity index (χ3n) is 2.39. The number of benzene rings is 1. The Balaban J connectivity index is 2.70. The van der Waals surface area contributed by atoms with E-state index in [0.717, 1.165) is 11.8 Å². The number of halogens is 1. The smallest absolute Gasteiger partial charge is 0.345 e. The van der Waals surface area contributed by atoms with Crippen LogP contribution in [0, 0.1) is 12.7 Å². The van der Waals surface area contributed by atoms with Gasteiger partial charge in [-0.2, -0.15) is 4.98 Å². The lowest BCUT2D eigenvalue weighted by molar-refractivity contribution is 0.416. The number of aromatic amines is 1. The highest BCUT2D eigenvalue weighted by molar-refractivity contribution is 5.68. The fourth-order valence-corrected chi connectivity index (χ4v) is 1.59. The summed E-state index contributed by atoms with van der Waals surface area (Å²) in [5.74, 6) is -0.0927. The first-order valence-electron chi connectivity index (χ1n) is 5.01. The molecule has 0 saturated carbocycles. The first-order chi connectivity index (χ1) is 8.11. The Morgan fingerprint density at radius 3 is 2.88 bits per heavy atom. The molecule has 2 rings (SSSR count). The molecule has 1 heterocycles. The minimum absolute atomic E-state index is 0.0885. The average molecular weight is 234 g/mol. The fourth-order valence-electron chi connectivity index (χ4n) is 1.59. The highest BCUT2D eigenvalue weighted by atomic mass is 19.1. The standard InChI is InChI=1S/C12H11FN2O2/c1-7-3-4-10(17-2)8(5-7)11-9(13)6-14-12(16)15-11/h3-6H,1-2H3,(H,14,15,16). The quantitative estimate of drug-likeness (QED) is 0.863. The molecule has 1 aromatic heterocycles. The number of nitrogens with one attached hydrogen (secondary N) is 1. The third-order valence-corrected chi connectivity index (χ3v) is 2.39. The number of H-pyrrole nitrogens is 1. The van der Waals surface area contributed by atoms with Crippen molar-refractivity contribution in [3.63, 3.8) is 0 Å². The first-order valence-corrected chi connectivity index (χ1v) is 5.01. The molecule has 0 aliphatic rings. The van der Waals surface area contributed by atoms with E-state index in [9.17, 15) is 9.18 Å². The first kappa shape index (κ1) is 11.3. The van der Waals surface area contributed by atoms with Gasteiger partial charge in [0.05, 0.1) is 19.0 Å². The number of rotatable bonds is 2. The van der Waals surface area contributed by atoms with Crippen LogP contribution in [0.2, 0.25) is 0 Å². The van der Waals surface area contributed by atoms with Crippen molar-refractivity contribution in [3.05, 3.63) is 46.3 Å². The number of nitrogens with zero attached hydrogens (tertiary/aromatic N) is 1. The van der Waals surface area contributed by atoms with Gasteiger partial charge in [-0.15, -0.1) is 0 Å². The molecule has 0 saturated heterocycles. The summed E-state index contributed by atoms with van der Waals surface area (Å²) in [6, 6.07) is 5.32. The van der Waals surface area contributed by atoms with E-state index >= 15 is 0 Å². The van der Waals surface area contributed by atoms with Crippen molar-refractivity contribution in [2.75, 3.05) is 7.11 Å². The predicted octanol–water partition coefficient (Wildman–Crippen LogP) is 1.89. The zero-order valence-electron chi connectivity index (χ0n) is 9.45. The zero-order chi connectivity index (χ0) is 12.4. The summed E-state index contributed by atoms with van der Waals surface area (Å²) in [5.41, 5.74) is 0.942. The molecular formula is C12H11FN2O2. The van der Waals surface area contributed by atoms with Gasteiger partial charge in [0.15, 0.2) is 5.82 Å². The van der Waals surface area contributed by atoms with Crippen molar-refractivity contribution in [2.24, 2.45) is 0 Å². The highest BCUT2D eigenvalue weighted by Gasteiger charge is 2.12. The minimum atomic E-state index is -0.593. The van der Waals surface area contributed by atoms with Gasteiger partial charge in [-0.05, 0) is 19.1 Å². The molecule has 5 heteroatoms. The molecule has 0 aliphatic carbocycles. The molecule has 0 radical (unpaired) electrons. The second kappa shape index (κ2) is 4.37. The Hall–Kier alpha value is -2.17. The van der Waals surface area contributed by atoms with E-state index in [4.69, 9.17) is 4.74 Å². The molecule has 17 heavy (non-hydrogen) atoms. The van der Waals surface area contributed by atoms with Crippen molar-refractivity contribution in [1.29, 1.82) is 0 Å². The Kier molecular flexibility index (Phi) is 2.91. The van der Waals surface area contributed by atoms with Crippen molar-refractivity contribution in [2.45, 2.75) is 6.92 Å². The van der Waals surface area contributed by atoms with Crippen molar-refractivity contribution < 1.29 is 9.13 Å². The molecule has 88 valence electrons. The van der Waals surface area contributed by atoms with Crippen LogP contribution in [0.15, 0.2) is 29.2 Å². The topological polar surface area (TPSA) is 55.0 Å². The van der Waals surface area contributed by atoms with Crippen molar-refractivity contribution in [1.82, 2.24) is 9.97 Å². The highest BCUT2D eigenvalue weighted by Crippen LogP contribution is 2.30. The summed E-state index contributed by atoms with van der Waals surface area (Å²) in [6.45, 7) is 1.88. The second-order valence-corrected chi connectivity index (χ2v) is 3.62. The molecule has 0 spiro atoms. The van der Waals surface area contributed by atoms with E-state index in [2.05, 4.69) is 9.97 Å². The van der Waals surface area contributed by atoms with E-state index in [-0.39, 0.29) is 5.69 Å². The third kappa shape index (κ3) is 2.18. The summed E-state index contributed by atoms with van der Waals surface area (Å²) < 4.78 is 18.8. The maximum atomic E-state index is 13.6. The lowest BCUT2D eigenvalue weighted by Crippen LogP contribution is -2.12. The van der Waals surface area contributed by atoms with E-state index in [0.29, 0.717) is 11.3 Å². The summed E-state index contributed by atoms with van der Waals surface area (Å²) in [7, 11) is 1.49. The average Bonchev–Trinajstić information content (AvgIpc) is 2.32. The van der Waals surface area contributed by atoms with Crippen molar-refractivity contribution in [3.8, 4) is 17.0 Å². The molecule has 0 aliphatic heterocycles. The van der Waals surface area contributed by atoms with Gasteiger partial charge < -0.3 is 9.72 Å². The summed E-state index contributed by atoms with van der Waals surface area (Å²) in [6.07, 6.45) is 0.899. The normalized spacial score (nSPS) is 10.3. The van der Waals surface area contributed by atoms with Crippen LogP contribution in [0.25, 0.3) is 11.3 Å². The maximum absolute atomic E-state index is 13.6. The lowest BCUT2D eigenvalue weighted by Gasteiger charge is -2.09. The summed E-state index contributed by atoms with van der Waals surface area (Å²) in [4.78, 5) is 16.8. The number of aryl methyl sites for hydroxylation is 1. The monoisotopic (exact) mass is 234 g/mol. The van der Waals surface area contributed by atoms with Crippen LogP contribution in [-0.4, -0.2) is 17.1 Å². The SMILES string of the molecule is COc1ccc(C)cc1-c1[nH]c(=O)ncc1F. The van der Waals surface area contributed by atoms with Gasteiger partial charge in [0, 0.05) is 5.56 Å². The number of hydrogen-bond donors (Lipinski definition) is 1. The molecule has 0 fully saturated rings. The van der Waals surface area contributed by atoms with Gasteiger partial charge in [0.1, 0.15) is 5.75 Å². The molecule has 0 bridgehead atoms. The van der Waals surface area contributed by atoms with Gasteiger partial charge in [-0.25, -0.2) is 9.18 Å². The zero-order valence-corrected chi connectivity index (χ0v) is 9.45. The van der Waals surface area contributed by atoms with Gasteiger partial charge in [-0.1, -0.05) is 11.6 Å². The summed E-state index contributed by atoms with van der Waals surface area (Å²) in [5, 5.41) is 0. The number of aromatic nitrogens is 2. The van der Waals surface area contributed by atoms with Crippen LogP contribution in [0.3, 0.4) is 0 Å². The Morgan fingerprint density at radius 1 is 1.41 bits per heavy atom. The van der Waals surface area contributed by atoms with Crippen LogP contribution in [0.4, 0.5) is 4.39 Å². The Labute approximate surface area is 97.1 Å². The second-order valence-electron chi connectivity index (χ2n) is 3.62. The molecule has 4 nitrogen and oxygen atoms in total. The predicted molar refractivity (Wildman–Crippen MR) is 61.5 cm³/mol. The minimum Gasteiger partial charge on any atom is -0.496 e. The summed E-state index contributed by atoms with van der Waals surface area (Å²) >= 11 is 0. The van der Waals surface area contributed by atoms with Crippen LogP contribution in [0.1, 0.15) is 5.56 Å². The van der Waals surface area contributed by atoms with Gasteiger partial charge in [0.25, 0.3) is 0 Å². The van der Waals surface area contributed by atoms with Gasteiger partial charge in [0.2, 0.25) is 0 Å².